The van der Waals surface area contributed by atoms with Gasteiger partial charge in [0.25, 0.3) is 0 Å². The molecule has 0 heterocycles. The molecule has 0 rings (SSSR count). The molecule has 0 aliphatic heterocycles. The second-order valence-corrected chi connectivity index (χ2v) is 8.11. The summed E-state index contributed by atoms with van der Waals surface area (Å²) in [5, 5.41) is 0. The van der Waals surface area contributed by atoms with Gasteiger partial charge in [-0.1, -0.05) is 0 Å². The molecular weight excluding hydrogens is 388 g/mol. The summed E-state index contributed by atoms with van der Waals surface area (Å²) in [7, 11) is 0. The van der Waals surface area contributed by atoms with Crippen molar-refractivity contribution in [3.8, 4) is 0 Å². The molecule has 0 fully saturated rings. The molecule has 1 N–H and O–H groups in total. The standard InChI is InChI=1S/Ce.Eu.HO3S.O/c;;1-4(2)3;/h;;(H,1,2,3);. The molecule has 0 aliphatic carbocycles. The van der Waals surface area contributed by atoms with Crippen LogP contribution in [0.25, 0.3) is 0 Å². The Morgan fingerprint density at radius 3 is 1.57 bits per heavy atom. The molecule has 0 unspecified atom stereocenters. The van der Waals surface area contributed by atoms with Gasteiger partial charge in [-0.15, -0.1) is 0 Å². The first-order valence-electron chi connectivity index (χ1n) is 0.924. The van der Waals surface area contributed by atoms with Crippen molar-refractivity contribution >= 4 is 3.86 Å². The average Bonchev–Trinajstić information content (AvgIpc) is 1.35. The van der Waals surface area contributed by atoms with Crippen LogP contribution in [0.2, 0.25) is 0 Å². The zero-order valence-electron chi connectivity index (χ0n) is 2.96. The zero-order valence-corrected chi connectivity index (χ0v) is 9.34. The Labute approximate surface area is 99.7 Å². The third-order valence-electron chi connectivity index (χ3n) is 0.105. The van der Waals surface area contributed by atoms with E-state index in [0.29, 0.717) is 0 Å². The minimum absolute atomic E-state index is 0. The second-order valence-electron chi connectivity index (χ2n) is 0.558. The molecule has 0 bridgehead atoms. The Morgan fingerprint density at radius 1 is 1.43 bits per heavy atom. The fourth-order valence-corrected chi connectivity index (χ4v) is 0. The molecule has 0 spiro atoms. The van der Waals surface area contributed by atoms with Gasteiger partial charge in [0.05, 0.1) is 0 Å². The van der Waals surface area contributed by atoms with Gasteiger partial charge in [0, 0.05) is 49.4 Å². The van der Waals surface area contributed by atoms with Crippen molar-refractivity contribution in [2.24, 2.45) is 0 Å². The van der Waals surface area contributed by atoms with Crippen molar-refractivity contribution in [3.63, 3.8) is 0 Å². The molecule has 7 heavy (non-hydrogen) atoms. The molecule has 1 radical (unpaired) electrons. The number of hydrogen-bond donors (Lipinski definition) is 1. The zero-order chi connectivity index (χ0) is 5.21. The summed E-state index contributed by atoms with van der Waals surface area (Å²) in [6, 6.07) is 0. The summed E-state index contributed by atoms with van der Waals surface area (Å²) in [5.41, 5.74) is 0. The van der Waals surface area contributed by atoms with Gasteiger partial charge >= 0.3 is 53.5 Å². The van der Waals surface area contributed by atoms with Crippen molar-refractivity contribution in [2.45, 2.75) is 0 Å². The molecule has 4 nitrogen and oxygen atoms in total. The van der Waals surface area contributed by atoms with Crippen molar-refractivity contribution in [2.75, 3.05) is 0 Å². The summed E-state index contributed by atoms with van der Waals surface area (Å²) in [6.45, 7) is 0. The van der Waals surface area contributed by atoms with Crippen molar-refractivity contribution in [1.82, 2.24) is 0 Å². The monoisotopic (exact) mass is 390 g/mol. The summed E-state index contributed by atoms with van der Waals surface area (Å²) >= 11 is -2.88. The first kappa shape index (κ1) is 12.4. The van der Waals surface area contributed by atoms with Gasteiger partial charge in [-0.2, -0.15) is 0 Å². The van der Waals surface area contributed by atoms with Gasteiger partial charge in [0.15, 0.2) is 0 Å². The van der Waals surface area contributed by atoms with Gasteiger partial charge in [-0.3, -0.25) is 0 Å². The number of rotatable bonds is 1. The van der Waals surface area contributed by atoms with E-state index in [1.54, 1.807) is 0 Å². The van der Waals surface area contributed by atoms with Gasteiger partial charge in [0.1, 0.15) is 0 Å². The molecule has 0 aromatic heterocycles. The second kappa shape index (κ2) is 5.46. The summed E-state index contributed by atoms with van der Waals surface area (Å²) in [5.74, 6) is 0. The molecule has 7 heteroatoms. The third kappa shape index (κ3) is 12.0. The fraction of sp³-hybridized carbons (Fsp3) is 0. The van der Waals surface area contributed by atoms with E-state index in [-0.39, 0.29) is 49.4 Å². The van der Waals surface area contributed by atoms with Crippen LogP contribution >= 0.6 is 0 Å². The first-order valence-corrected chi connectivity index (χ1v) is 7.49. The quantitative estimate of drug-likeness (QED) is 0.598. The Hall–Kier alpha value is 2.67. The van der Waals surface area contributed by atoms with Gasteiger partial charge in [-0.05, 0) is 0 Å². The van der Waals surface area contributed by atoms with Crippen LogP contribution < -0.4 is 0 Å². The van der Waals surface area contributed by atoms with E-state index >= 15 is 0 Å². The van der Waals surface area contributed by atoms with E-state index < -0.39 is 39.6 Å². The SMILES string of the molecule is [Eu].[O]=[Ce][S](=O)(=O)O. The van der Waals surface area contributed by atoms with Crippen LogP contribution in [0.5, 0.6) is 0 Å². The molecule has 0 amide bonds. The summed E-state index contributed by atoms with van der Waals surface area (Å²) in [4.78, 5) is 0. The molecule has 0 aliphatic rings. The maximum absolute atomic E-state index is 9.33. The molecular formula is HCeEuO4S. The van der Waals surface area contributed by atoms with E-state index in [9.17, 15) is 9.36 Å². The molecule has 0 aromatic rings. The van der Waals surface area contributed by atoms with Crippen molar-refractivity contribution < 1.29 is 99.0 Å². The van der Waals surface area contributed by atoms with Gasteiger partial charge in [-0.25, -0.2) is 0 Å². The Bertz CT molecular complexity index is 122. The van der Waals surface area contributed by atoms with Crippen LogP contribution in [0, 0.1) is 85.1 Å². The van der Waals surface area contributed by atoms with E-state index in [1.807, 2.05) is 0 Å². The average molecular weight is 389 g/mol. The van der Waals surface area contributed by atoms with Gasteiger partial charge in [0.2, 0.25) is 0 Å². The van der Waals surface area contributed by atoms with Crippen LogP contribution in [0.4, 0.5) is 0 Å². The summed E-state index contributed by atoms with van der Waals surface area (Å²) in [6.07, 6.45) is 0. The molecule has 42 valence electrons. The van der Waals surface area contributed by atoms with Crippen LogP contribution in [0.15, 0.2) is 0 Å². The fourth-order valence-electron chi connectivity index (χ4n) is 0. The topological polar surface area (TPSA) is 71.4 Å². The maximum atomic E-state index is 9.33. The number of hydrogen-bond acceptors (Lipinski definition) is 3. The third-order valence-corrected chi connectivity index (χ3v) is 2.30. The normalized spacial score (nSPS) is 8.71. The van der Waals surface area contributed by atoms with Crippen molar-refractivity contribution in [3.05, 3.63) is 0 Å². The van der Waals surface area contributed by atoms with Gasteiger partial charge < -0.3 is 0 Å². The Morgan fingerprint density at radius 2 is 1.57 bits per heavy atom. The first-order chi connectivity index (χ1) is 2.56. The Kier molecular flexibility index (Phi) is 9.63. The molecule has 0 atom stereocenters. The predicted molar refractivity (Wildman–Crippen MR) is 12.2 cm³/mol. The van der Waals surface area contributed by atoms with Crippen LogP contribution in [0.3, 0.4) is 0 Å². The van der Waals surface area contributed by atoms with Crippen LogP contribution in [0.1, 0.15) is 0 Å². The molecule has 0 saturated carbocycles. The van der Waals surface area contributed by atoms with E-state index in [0.717, 1.165) is 0 Å². The predicted octanol–water partition coefficient (Wildman–Crippen LogP) is -0.780. The minimum atomic E-state index is -4.02. The van der Waals surface area contributed by atoms with E-state index in [2.05, 4.69) is 0 Å². The Balaban J connectivity index is 0. The molecule has 0 aromatic carbocycles. The van der Waals surface area contributed by atoms with Crippen LogP contribution in [-0.4, -0.2) is 13.0 Å². The van der Waals surface area contributed by atoms with Crippen LogP contribution in [-0.2, 0) is 4.79 Å². The summed E-state index contributed by atoms with van der Waals surface area (Å²) < 4.78 is 31.5. The van der Waals surface area contributed by atoms with E-state index in [4.69, 9.17) is 4.55 Å². The van der Waals surface area contributed by atoms with Crippen molar-refractivity contribution in [1.29, 1.82) is 0 Å². The van der Waals surface area contributed by atoms with E-state index in [1.165, 1.54) is 0 Å². The molecule has 0 saturated heterocycles.